The van der Waals surface area contributed by atoms with Crippen molar-refractivity contribution in [3.8, 4) is 0 Å². The van der Waals surface area contributed by atoms with E-state index < -0.39 is 5.97 Å². The molecule has 0 aromatic carbocycles. The lowest BCUT2D eigenvalue weighted by Crippen LogP contribution is -1.93. The third kappa shape index (κ3) is 5.43. The number of aliphatic hydroxyl groups excluding tert-OH is 1. The van der Waals surface area contributed by atoms with Gasteiger partial charge in [-0.2, -0.15) is 0 Å². The number of carbonyl (C=O) groups excluding carboxylic acids is 1. The van der Waals surface area contributed by atoms with Crippen LogP contribution in [0.3, 0.4) is 0 Å². The maximum atomic E-state index is 9.54. The number of rotatable bonds is 3. The van der Waals surface area contributed by atoms with Crippen molar-refractivity contribution in [2.75, 3.05) is 6.61 Å². The summed E-state index contributed by atoms with van der Waals surface area (Å²) < 4.78 is 0. The van der Waals surface area contributed by atoms with Crippen LogP contribution in [0.25, 0.3) is 0 Å². The van der Waals surface area contributed by atoms with E-state index in [4.69, 9.17) is 5.11 Å². The highest BCUT2D eigenvalue weighted by Gasteiger charge is 1.94. The lowest BCUT2D eigenvalue weighted by atomic mass is 10.3. The van der Waals surface area contributed by atoms with Crippen molar-refractivity contribution in [3.63, 3.8) is 0 Å². The highest BCUT2D eigenvalue weighted by Crippen LogP contribution is 1.84. The van der Waals surface area contributed by atoms with E-state index in [0.29, 0.717) is 6.42 Å². The van der Waals surface area contributed by atoms with Gasteiger partial charge in [-0.15, -0.1) is 0 Å². The minimum Gasteiger partial charge on any atom is -0.396 e. The summed E-state index contributed by atoms with van der Waals surface area (Å²) in [5.74, 6) is -1.10. The van der Waals surface area contributed by atoms with Gasteiger partial charge in [0.25, 0.3) is 0 Å². The molecule has 0 rings (SSSR count). The summed E-state index contributed by atoms with van der Waals surface area (Å²) in [5, 5.41) is 17.6. The number of hydrogen-bond acceptors (Lipinski definition) is 2. The van der Waals surface area contributed by atoms with Gasteiger partial charge in [0.15, 0.2) is 0 Å². The highest BCUT2D eigenvalue weighted by molar-refractivity contribution is 5.66. The van der Waals surface area contributed by atoms with Crippen LogP contribution in [-0.2, 0) is 9.90 Å². The molecule has 0 heterocycles. The van der Waals surface area contributed by atoms with E-state index in [2.05, 4.69) is 0 Å². The van der Waals surface area contributed by atoms with Gasteiger partial charge < -0.3 is 5.11 Å². The molecule has 0 fully saturated rings. The van der Waals surface area contributed by atoms with Gasteiger partial charge in [0, 0.05) is 6.61 Å². The molecule has 3 nitrogen and oxygen atoms in total. The van der Waals surface area contributed by atoms with E-state index in [1.54, 1.807) is 0 Å². The molecule has 0 aliphatic heterocycles. The zero-order valence-electron chi connectivity index (χ0n) is 3.89. The number of hydrogen-bond donors (Lipinski definition) is 1. The van der Waals surface area contributed by atoms with Gasteiger partial charge in [0.2, 0.25) is 0 Å². The largest absolute Gasteiger partial charge is 0.396 e. The quantitative estimate of drug-likeness (QED) is 0.533. The molecule has 3 heteroatoms. The first-order valence-electron chi connectivity index (χ1n) is 2.08. The fourth-order valence-corrected chi connectivity index (χ4v) is 0.223. The predicted octanol–water partition coefficient (Wildman–Crippen LogP) is -0.284. The van der Waals surface area contributed by atoms with Crippen LogP contribution in [0, 0.1) is 0 Å². The molecule has 0 aliphatic rings. The third-order valence-corrected chi connectivity index (χ3v) is 0.539. The zero-order chi connectivity index (χ0) is 5.70. The highest BCUT2D eigenvalue weighted by atomic mass is 16.4. The van der Waals surface area contributed by atoms with Crippen LogP contribution in [0.2, 0.25) is 0 Å². The fourth-order valence-electron chi connectivity index (χ4n) is 0.223. The SMILES string of the molecule is [O]C(=O)CCCO. The molecule has 0 aliphatic carbocycles. The Labute approximate surface area is 41.6 Å². The van der Waals surface area contributed by atoms with E-state index in [-0.39, 0.29) is 13.0 Å². The van der Waals surface area contributed by atoms with Gasteiger partial charge in [-0.25, -0.2) is 9.90 Å². The van der Waals surface area contributed by atoms with E-state index >= 15 is 0 Å². The van der Waals surface area contributed by atoms with E-state index in [1.807, 2.05) is 0 Å². The lowest BCUT2D eigenvalue weighted by molar-refractivity contribution is -0.143. The first-order valence-corrected chi connectivity index (χ1v) is 2.08. The molecule has 1 N–H and O–H groups in total. The molecule has 41 valence electrons. The Hall–Kier alpha value is -0.570. The smallest absolute Gasteiger partial charge is 0.355 e. The molecule has 1 radical (unpaired) electrons. The Morgan fingerprint density at radius 3 is 2.29 bits per heavy atom. The van der Waals surface area contributed by atoms with Crippen LogP contribution < -0.4 is 0 Å². The second-order valence-corrected chi connectivity index (χ2v) is 1.20. The molecule has 0 aromatic rings. The Morgan fingerprint density at radius 1 is 1.57 bits per heavy atom. The van der Waals surface area contributed by atoms with E-state index in [0.717, 1.165) is 0 Å². The molecule has 0 atom stereocenters. The number of aliphatic hydroxyl groups is 1. The van der Waals surface area contributed by atoms with Gasteiger partial charge >= 0.3 is 5.97 Å². The van der Waals surface area contributed by atoms with Crippen molar-refractivity contribution in [2.45, 2.75) is 12.8 Å². The van der Waals surface area contributed by atoms with Crippen molar-refractivity contribution < 1.29 is 15.0 Å². The van der Waals surface area contributed by atoms with Crippen LogP contribution in [0.5, 0.6) is 0 Å². The van der Waals surface area contributed by atoms with Crippen LogP contribution in [-0.4, -0.2) is 17.7 Å². The predicted molar refractivity (Wildman–Crippen MR) is 22.0 cm³/mol. The monoisotopic (exact) mass is 103 g/mol. The number of carbonyl (C=O) groups is 1. The van der Waals surface area contributed by atoms with Gasteiger partial charge in [0.1, 0.15) is 0 Å². The summed E-state index contributed by atoms with van der Waals surface area (Å²) in [6.45, 7) is -0.0754. The lowest BCUT2D eigenvalue weighted by Gasteiger charge is -1.82. The third-order valence-electron chi connectivity index (χ3n) is 0.539. The molecule has 0 amide bonds. The summed E-state index contributed by atoms with van der Waals surface area (Å²) in [5.41, 5.74) is 0. The second kappa shape index (κ2) is 3.61. The Bertz CT molecular complexity index is 60.0. The molecule has 7 heavy (non-hydrogen) atoms. The van der Waals surface area contributed by atoms with Crippen molar-refractivity contribution >= 4 is 5.97 Å². The van der Waals surface area contributed by atoms with Gasteiger partial charge in [0.05, 0.1) is 6.42 Å². The van der Waals surface area contributed by atoms with Crippen LogP contribution in [0.4, 0.5) is 0 Å². The average molecular weight is 103 g/mol. The molecule has 0 bridgehead atoms. The topological polar surface area (TPSA) is 57.2 Å². The van der Waals surface area contributed by atoms with Crippen LogP contribution in [0.15, 0.2) is 0 Å². The summed E-state index contributed by atoms with van der Waals surface area (Å²) in [4.78, 5) is 9.54. The summed E-state index contributed by atoms with van der Waals surface area (Å²) >= 11 is 0. The van der Waals surface area contributed by atoms with Gasteiger partial charge in [-0.05, 0) is 6.42 Å². The van der Waals surface area contributed by atoms with Crippen molar-refractivity contribution in [1.82, 2.24) is 0 Å². The molecule has 0 aromatic heterocycles. The van der Waals surface area contributed by atoms with Crippen molar-refractivity contribution in [2.24, 2.45) is 0 Å². The van der Waals surface area contributed by atoms with Crippen molar-refractivity contribution in [3.05, 3.63) is 0 Å². The van der Waals surface area contributed by atoms with E-state index in [1.165, 1.54) is 0 Å². The van der Waals surface area contributed by atoms with Crippen molar-refractivity contribution in [1.29, 1.82) is 0 Å². The zero-order valence-corrected chi connectivity index (χ0v) is 3.89. The summed E-state index contributed by atoms with van der Waals surface area (Å²) in [7, 11) is 0. The van der Waals surface area contributed by atoms with Crippen LogP contribution in [0.1, 0.15) is 12.8 Å². The molecule has 0 spiro atoms. The molecular weight excluding hydrogens is 96.0 g/mol. The maximum absolute atomic E-state index is 9.54. The first-order chi connectivity index (χ1) is 3.27. The maximum Gasteiger partial charge on any atom is 0.355 e. The molecule has 0 unspecified atom stereocenters. The Kier molecular flexibility index (Phi) is 3.32. The summed E-state index contributed by atoms with van der Waals surface area (Å²) in [6, 6.07) is 0. The minimum atomic E-state index is -1.10. The first kappa shape index (κ1) is 6.43. The Balaban J connectivity index is 2.82. The molecular formula is C4H7O3. The van der Waals surface area contributed by atoms with E-state index in [9.17, 15) is 9.90 Å². The molecule has 0 saturated carbocycles. The summed E-state index contributed by atoms with van der Waals surface area (Å²) in [6.07, 6.45) is 0.249. The second-order valence-electron chi connectivity index (χ2n) is 1.20. The standard InChI is InChI=1S/C4H7O3/c5-3-1-2-4(6)7/h5H,1-3H2. The minimum absolute atomic E-state index is 0.0451. The molecule has 0 saturated heterocycles. The van der Waals surface area contributed by atoms with Gasteiger partial charge in [-0.3, -0.25) is 0 Å². The fraction of sp³-hybridized carbons (Fsp3) is 0.750. The normalized spacial score (nSPS) is 8.71. The van der Waals surface area contributed by atoms with Crippen LogP contribution >= 0.6 is 0 Å². The Morgan fingerprint density at radius 2 is 2.14 bits per heavy atom. The van der Waals surface area contributed by atoms with Gasteiger partial charge in [-0.1, -0.05) is 0 Å². The average Bonchev–Trinajstić information content (AvgIpc) is 1.61.